The maximum atomic E-state index is 14.3. The minimum absolute atomic E-state index is 0.0148. The fraction of sp³-hybridized carbons (Fsp3) is 0.483. The number of amidine groups is 1. The summed E-state index contributed by atoms with van der Waals surface area (Å²) in [6.07, 6.45) is 2.38. The van der Waals surface area contributed by atoms with Crippen LogP contribution in [0.3, 0.4) is 0 Å². The van der Waals surface area contributed by atoms with E-state index in [2.05, 4.69) is 30.9 Å². The van der Waals surface area contributed by atoms with Gasteiger partial charge in [-0.3, -0.25) is 18.5 Å². The van der Waals surface area contributed by atoms with Crippen LogP contribution in [0.5, 0.6) is 0 Å². The number of carbonyl (C=O) groups excluding carboxylic acids is 2. The Morgan fingerprint density at radius 3 is 2.40 bits per heavy atom. The van der Waals surface area contributed by atoms with Crippen LogP contribution in [-0.4, -0.2) is 45.2 Å². The van der Waals surface area contributed by atoms with Gasteiger partial charge in [-0.2, -0.15) is 4.76 Å². The van der Waals surface area contributed by atoms with Gasteiger partial charge in [0.05, 0.1) is 35.0 Å². The summed E-state index contributed by atoms with van der Waals surface area (Å²) in [4.78, 5) is 28.1. The zero-order chi connectivity index (χ0) is 29.7. The second-order valence-electron chi connectivity index (χ2n) is 11.8. The minimum Gasteiger partial charge on any atom is -0.342 e. The molecule has 1 aliphatic carbocycles. The van der Waals surface area contributed by atoms with E-state index in [0.29, 0.717) is 28.9 Å². The SMILES string of the molecule is CCOP1(=O)N=C(C2C(=O)c3ccccc3C(C)(CCC(C)(C)C)C2=O)Nc2ccc(N(CC)S(C)(=O)=O)cc21. The van der Waals surface area contributed by atoms with Gasteiger partial charge in [-0.15, -0.1) is 0 Å². The van der Waals surface area contributed by atoms with E-state index < -0.39 is 34.7 Å². The molecule has 0 saturated carbocycles. The summed E-state index contributed by atoms with van der Waals surface area (Å²) in [6.45, 7) is 11.8. The van der Waals surface area contributed by atoms with Crippen molar-refractivity contribution in [1.29, 1.82) is 0 Å². The van der Waals surface area contributed by atoms with Crippen LogP contribution in [0.4, 0.5) is 11.4 Å². The zero-order valence-corrected chi connectivity index (χ0v) is 25.9. The lowest BCUT2D eigenvalue weighted by molar-refractivity contribution is -0.125. The molecule has 2 aliphatic rings. The summed E-state index contributed by atoms with van der Waals surface area (Å²) in [5, 5.41) is 3.28. The highest BCUT2D eigenvalue weighted by Crippen LogP contribution is 2.53. The van der Waals surface area contributed by atoms with Crippen LogP contribution in [0, 0.1) is 11.3 Å². The highest BCUT2D eigenvalue weighted by Gasteiger charge is 2.52. The topological polar surface area (TPSA) is 122 Å². The lowest BCUT2D eigenvalue weighted by atomic mass is 9.62. The minimum atomic E-state index is -3.98. The van der Waals surface area contributed by atoms with Gasteiger partial charge >= 0.3 is 7.52 Å². The van der Waals surface area contributed by atoms with E-state index in [9.17, 15) is 22.6 Å². The number of carbonyl (C=O) groups is 2. The predicted molar refractivity (Wildman–Crippen MR) is 160 cm³/mol. The molecule has 3 atom stereocenters. The molecule has 2 aromatic rings. The first-order valence-corrected chi connectivity index (χ1v) is 16.9. The number of Topliss-reactive ketones (excluding diaryl/α,β-unsaturated/α-hetero) is 2. The van der Waals surface area contributed by atoms with E-state index in [-0.39, 0.29) is 35.5 Å². The quantitative estimate of drug-likeness (QED) is 0.328. The van der Waals surface area contributed by atoms with Crippen molar-refractivity contribution >= 4 is 51.6 Å². The summed E-state index contributed by atoms with van der Waals surface area (Å²) < 4.78 is 50.2. The van der Waals surface area contributed by atoms with Gasteiger partial charge in [0, 0.05) is 12.1 Å². The number of sulfonamides is 1. The van der Waals surface area contributed by atoms with Crippen LogP contribution in [0.25, 0.3) is 0 Å². The number of nitrogens with one attached hydrogen (secondary N) is 1. The number of benzene rings is 2. The Bertz CT molecular complexity index is 1540. The molecular formula is C29H38N3O6PS. The van der Waals surface area contributed by atoms with Crippen molar-refractivity contribution in [1.82, 2.24) is 0 Å². The molecule has 0 fully saturated rings. The maximum absolute atomic E-state index is 14.3. The van der Waals surface area contributed by atoms with Crippen molar-refractivity contribution in [3.63, 3.8) is 0 Å². The van der Waals surface area contributed by atoms with Crippen LogP contribution in [0.2, 0.25) is 0 Å². The monoisotopic (exact) mass is 587 g/mol. The van der Waals surface area contributed by atoms with E-state index in [1.807, 2.05) is 19.1 Å². The number of ketones is 2. The molecule has 9 nitrogen and oxygen atoms in total. The Morgan fingerprint density at radius 2 is 1.80 bits per heavy atom. The van der Waals surface area contributed by atoms with Gasteiger partial charge in [-0.1, -0.05) is 45.0 Å². The van der Waals surface area contributed by atoms with Crippen LogP contribution in [-0.2, 0) is 29.3 Å². The van der Waals surface area contributed by atoms with Crippen molar-refractivity contribution in [2.24, 2.45) is 16.1 Å². The lowest BCUT2D eigenvalue weighted by Gasteiger charge is -2.40. The van der Waals surface area contributed by atoms with Crippen LogP contribution >= 0.6 is 7.52 Å². The Labute approximate surface area is 237 Å². The van der Waals surface area contributed by atoms with Gasteiger partial charge in [0.15, 0.2) is 11.6 Å². The summed E-state index contributed by atoms with van der Waals surface area (Å²) in [5.41, 5.74) is 0.829. The average molecular weight is 588 g/mol. The Kier molecular flexibility index (Phi) is 7.95. The third kappa shape index (κ3) is 5.41. The molecule has 4 rings (SSSR count). The molecule has 11 heteroatoms. The largest absolute Gasteiger partial charge is 0.348 e. The van der Waals surface area contributed by atoms with E-state index >= 15 is 0 Å². The molecular weight excluding hydrogens is 549 g/mol. The molecule has 40 heavy (non-hydrogen) atoms. The number of anilines is 2. The van der Waals surface area contributed by atoms with E-state index in [1.54, 1.807) is 38.1 Å². The molecule has 3 unspecified atom stereocenters. The third-order valence-electron chi connectivity index (χ3n) is 7.57. The zero-order valence-electron chi connectivity index (χ0n) is 24.1. The highest BCUT2D eigenvalue weighted by atomic mass is 32.2. The normalized spacial score (nSPS) is 24.6. The summed E-state index contributed by atoms with van der Waals surface area (Å²) in [5.74, 6) is -2.01. The second-order valence-corrected chi connectivity index (χ2v) is 15.7. The molecule has 216 valence electrons. The predicted octanol–water partition coefficient (Wildman–Crippen LogP) is 5.32. The van der Waals surface area contributed by atoms with Gasteiger partial charge in [-0.05, 0) is 62.8 Å². The first-order valence-electron chi connectivity index (χ1n) is 13.5. The molecule has 0 amide bonds. The number of hydrogen-bond acceptors (Lipinski definition) is 7. The van der Waals surface area contributed by atoms with Crippen molar-refractivity contribution in [2.75, 3.05) is 29.0 Å². The molecule has 1 N–H and O–H groups in total. The van der Waals surface area contributed by atoms with E-state index in [0.717, 1.165) is 12.7 Å². The van der Waals surface area contributed by atoms with E-state index in [1.165, 1.54) is 10.4 Å². The molecule has 1 aliphatic heterocycles. The maximum Gasteiger partial charge on any atom is 0.348 e. The van der Waals surface area contributed by atoms with Gasteiger partial charge in [0.2, 0.25) is 10.0 Å². The summed E-state index contributed by atoms with van der Waals surface area (Å²) in [6, 6.07) is 11.8. The Morgan fingerprint density at radius 1 is 1.12 bits per heavy atom. The van der Waals surface area contributed by atoms with Crippen molar-refractivity contribution in [2.45, 2.75) is 59.8 Å². The highest BCUT2D eigenvalue weighted by molar-refractivity contribution is 7.92. The van der Waals surface area contributed by atoms with Crippen LogP contribution in [0.1, 0.15) is 70.3 Å². The van der Waals surface area contributed by atoms with Crippen LogP contribution in [0.15, 0.2) is 47.2 Å². The van der Waals surface area contributed by atoms with Gasteiger partial charge in [0.1, 0.15) is 11.8 Å². The number of fused-ring (bicyclic) bond motifs is 2. The van der Waals surface area contributed by atoms with Crippen molar-refractivity contribution in [3.8, 4) is 0 Å². The van der Waals surface area contributed by atoms with Gasteiger partial charge in [-0.25, -0.2) is 8.42 Å². The molecule has 1 heterocycles. The fourth-order valence-electron chi connectivity index (χ4n) is 5.42. The lowest BCUT2D eigenvalue weighted by Crippen LogP contribution is -2.51. The van der Waals surface area contributed by atoms with Gasteiger partial charge in [0.25, 0.3) is 0 Å². The third-order valence-corrected chi connectivity index (χ3v) is 10.9. The molecule has 0 bridgehead atoms. The number of hydrogen-bond donors (Lipinski definition) is 1. The number of nitrogens with zero attached hydrogens (tertiary/aromatic N) is 2. The van der Waals surface area contributed by atoms with E-state index in [4.69, 9.17) is 4.52 Å². The van der Waals surface area contributed by atoms with Crippen LogP contribution < -0.4 is 14.9 Å². The smallest absolute Gasteiger partial charge is 0.342 e. The number of rotatable bonds is 8. The molecule has 2 aromatic carbocycles. The molecule has 0 radical (unpaired) electrons. The summed E-state index contributed by atoms with van der Waals surface area (Å²) >= 11 is 0. The fourth-order valence-corrected chi connectivity index (χ4v) is 8.22. The second kappa shape index (κ2) is 10.5. The molecule has 0 saturated heterocycles. The van der Waals surface area contributed by atoms with Crippen molar-refractivity contribution in [3.05, 3.63) is 53.6 Å². The Balaban J connectivity index is 1.85. The van der Waals surface area contributed by atoms with Crippen molar-refractivity contribution < 1.29 is 27.1 Å². The standard InChI is InChI=1S/C29H38N3O6PS/c1-8-32(40(7,36)37)19-14-15-22-23(18-19)39(35,38-9-2)31-27(30-22)24-25(33)20-12-10-11-13-21(20)29(6,26(24)34)17-16-28(3,4)5/h10-15,18,24H,8-9,16-17H2,1-7H3,(H,30,31,35). The Hall–Kier alpha value is -2.81. The summed E-state index contributed by atoms with van der Waals surface area (Å²) in [7, 11) is -7.56. The first-order chi connectivity index (χ1) is 18.6. The average Bonchev–Trinajstić information content (AvgIpc) is 2.86. The van der Waals surface area contributed by atoms with Gasteiger partial charge < -0.3 is 9.84 Å². The first kappa shape index (κ1) is 30.2. The molecule has 0 aromatic heterocycles. The molecule has 0 spiro atoms.